The first-order valence-electron chi connectivity index (χ1n) is 11.1. The smallest absolute Gasteiger partial charge is 0.172 e. The lowest BCUT2D eigenvalue weighted by atomic mass is 10.1. The Kier molecular flexibility index (Phi) is 6.88. The van der Waals surface area contributed by atoms with E-state index < -0.39 is 0 Å². The SMILES string of the molecule is C(=Cc1ccc(SCc2ccc3ccccc3n2)cc1)Cc1cccc(C=Cc2nnn[nH]2)c1. The fraction of sp³-hybridized carbons (Fsp3) is 0.0714. The standard InChI is InChI=1S/C28H23N5S/c1-2-10-27-24(9-1)14-15-25(29-27)20-34-26-16-11-21(12-17-26)5-3-6-22-7-4-8-23(19-22)13-18-28-30-32-33-31-28/h1-5,7-19H,6,20H2,(H,30,31,32,33). The minimum absolute atomic E-state index is 0.639. The highest BCUT2D eigenvalue weighted by Crippen LogP contribution is 2.24. The maximum Gasteiger partial charge on any atom is 0.172 e. The molecule has 1 N–H and O–H groups in total. The van der Waals surface area contributed by atoms with Gasteiger partial charge in [0.05, 0.1) is 11.2 Å². The Labute approximate surface area is 202 Å². The summed E-state index contributed by atoms with van der Waals surface area (Å²) in [6, 6.07) is 29.6. The van der Waals surface area contributed by atoms with Gasteiger partial charge < -0.3 is 0 Å². The zero-order valence-electron chi connectivity index (χ0n) is 18.5. The van der Waals surface area contributed by atoms with Gasteiger partial charge in [-0.05, 0) is 63.9 Å². The summed E-state index contributed by atoms with van der Waals surface area (Å²) in [6.45, 7) is 0. The predicted octanol–water partition coefficient (Wildman–Crippen LogP) is 6.47. The van der Waals surface area contributed by atoms with Crippen molar-refractivity contribution in [3.05, 3.63) is 119 Å². The van der Waals surface area contributed by atoms with E-state index in [1.807, 2.05) is 36.0 Å². The number of rotatable bonds is 8. The highest BCUT2D eigenvalue weighted by atomic mass is 32.2. The molecular weight excluding hydrogens is 438 g/mol. The summed E-state index contributed by atoms with van der Waals surface area (Å²) >= 11 is 1.81. The molecule has 5 nitrogen and oxygen atoms in total. The summed E-state index contributed by atoms with van der Waals surface area (Å²) in [7, 11) is 0. The van der Waals surface area contributed by atoms with Crippen LogP contribution in [0, 0.1) is 0 Å². The Morgan fingerprint density at radius 3 is 2.59 bits per heavy atom. The van der Waals surface area contributed by atoms with Crippen LogP contribution in [0.5, 0.6) is 0 Å². The van der Waals surface area contributed by atoms with Crippen LogP contribution in [0.3, 0.4) is 0 Å². The molecule has 0 saturated carbocycles. The zero-order valence-corrected chi connectivity index (χ0v) is 19.3. The van der Waals surface area contributed by atoms with E-state index in [2.05, 4.69) is 106 Å². The van der Waals surface area contributed by atoms with Crippen molar-refractivity contribution in [3.8, 4) is 0 Å². The molecule has 2 heterocycles. The zero-order chi connectivity index (χ0) is 23.0. The molecule has 2 aromatic heterocycles. The van der Waals surface area contributed by atoms with Crippen LogP contribution in [0.1, 0.15) is 28.2 Å². The van der Waals surface area contributed by atoms with Crippen molar-refractivity contribution in [2.24, 2.45) is 0 Å². The van der Waals surface area contributed by atoms with Crippen molar-refractivity contribution in [2.75, 3.05) is 0 Å². The van der Waals surface area contributed by atoms with Crippen LogP contribution in [0.4, 0.5) is 0 Å². The number of H-pyrrole nitrogens is 1. The second-order valence-corrected chi connectivity index (χ2v) is 8.87. The van der Waals surface area contributed by atoms with Gasteiger partial charge in [-0.3, -0.25) is 4.98 Å². The van der Waals surface area contributed by atoms with Crippen LogP contribution in [0.2, 0.25) is 0 Å². The fourth-order valence-electron chi connectivity index (χ4n) is 3.59. The van der Waals surface area contributed by atoms with Gasteiger partial charge in [-0.2, -0.15) is 0 Å². The topological polar surface area (TPSA) is 67.3 Å². The number of fused-ring (bicyclic) bond motifs is 1. The molecular formula is C28H23N5S. The first-order valence-corrected chi connectivity index (χ1v) is 12.1. The number of pyridine rings is 1. The number of allylic oxidation sites excluding steroid dienone is 1. The van der Waals surface area contributed by atoms with Gasteiger partial charge >= 0.3 is 0 Å². The number of nitrogens with zero attached hydrogens (tertiary/aromatic N) is 4. The van der Waals surface area contributed by atoms with Crippen LogP contribution in [-0.2, 0) is 12.2 Å². The largest absolute Gasteiger partial charge is 0.252 e. The molecule has 166 valence electrons. The van der Waals surface area contributed by atoms with E-state index in [1.54, 1.807) is 0 Å². The number of tetrazole rings is 1. The van der Waals surface area contributed by atoms with Crippen LogP contribution >= 0.6 is 11.8 Å². The van der Waals surface area contributed by atoms with Crippen LogP contribution < -0.4 is 0 Å². The van der Waals surface area contributed by atoms with E-state index in [-0.39, 0.29) is 0 Å². The normalized spacial score (nSPS) is 11.6. The monoisotopic (exact) mass is 461 g/mol. The Morgan fingerprint density at radius 1 is 0.794 bits per heavy atom. The second-order valence-electron chi connectivity index (χ2n) is 7.82. The Balaban J connectivity index is 1.15. The number of aromatic amines is 1. The molecule has 5 aromatic rings. The third-order valence-electron chi connectivity index (χ3n) is 5.33. The van der Waals surface area contributed by atoms with Gasteiger partial charge in [0, 0.05) is 16.0 Å². The van der Waals surface area contributed by atoms with Crippen molar-refractivity contribution in [1.82, 2.24) is 25.6 Å². The van der Waals surface area contributed by atoms with Gasteiger partial charge in [0.1, 0.15) is 0 Å². The predicted molar refractivity (Wildman–Crippen MR) is 140 cm³/mol. The molecule has 6 heteroatoms. The molecule has 0 fully saturated rings. The molecule has 0 bridgehead atoms. The minimum atomic E-state index is 0.639. The third-order valence-corrected chi connectivity index (χ3v) is 6.38. The number of hydrogen-bond acceptors (Lipinski definition) is 5. The quantitative estimate of drug-likeness (QED) is 0.268. The number of hydrogen-bond donors (Lipinski definition) is 1. The number of nitrogens with one attached hydrogen (secondary N) is 1. The van der Waals surface area contributed by atoms with Gasteiger partial charge in [-0.15, -0.1) is 16.9 Å². The molecule has 0 aliphatic rings. The highest BCUT2D eigenvalue weighted by molar-refractivity contribution is 7.98. The van der Waals surface area contributed by atoms with Gasteiger partial charge in [-0.25, -0.2) is 5.10 Å². The van der Waals surface area contributed by atoms with Gasteiger partial charge in [0.25, 0.3) is 0 Å². The van der Waals surface area contributed by atoms with E-state index in [4.69, 9.17) is 4.98 Å². The third kappa shape index (κ3) is 5.85. The first-order chi connectivity index (χ1) is 16.8. The number of benzene rings is 3. The molecule has 5 rings (SSSR count). The van der Waals surface area contributed by atoms with Crippen LogP contribution in [0.15, 0.2) is 95.9 Å². The summed E-state index contributed by atoms with van der Waals surface area (Å²) in [4.78, 5) is 6.01. The van der Waals surface area contributed by atoms with Crippen molar-refractivity contribution < 1.29 is 0 Å². The molecule has 3 aromatic carbocycles. The average Bonchev–Trinajstić information content (AvgIpc) is 3.41. The molecule has 34 heavy (non-hydrogen) atoms. The first kappa shape index (κ1) is 21.8. The van der Waals surface area contributed by atoms with Crippen LogP contribution in [-0.4, -0.2) is 25.6 Å². The lowest BCUT2D eigenvalue weighted by Gasteiger charge is -2.04. The summed E-state index contributed by atoms with van der Waals surface area (Å²) in [6.07, 6.45) is 9.10. The van der Waals surface area contributed by atoms with Crippen molar-refractivity contribution in [1.29, 1.82) is 0 Å². The maximum atomic E-state index is 4.76. The van der Waals surface area contributed by atoms with Gasteiger partial charge in [0.15, 0.2) is 5.82 Å². The van der Waals surface area contributed by atoms with Crippen LogP contribution in [0.25, 0.3) is 29.1 Å². The van der Waals surface area contributed by atoms with Gasteiger partial charge in [-0.1, -0.05) is 78.9 Å². The van der Waals surface area contributed by atoms with E-state index >= 15 is 0 Å². The summed E-state index contributed by atoms with van der Waals surface area (Å²) in [5.41, 5.74) is 5.72. The second kappa shape index (κ2) is 10.7. The molecule has 0 amide bonds. The highest BCUT2D eigenvalue weighted by Gasteiger charge is 2.00. The Morgan fingerprint density at radius 2 is 1.71 bits per heavy atom. The number of para-hydroxylation sites is 1. The fourth-order valence-corrected chi connectivity index (χ4v) is 4.39. The van der Waals surface area contributed by atoms with Gasteiger partial charge in [0.2, 0.25) is 0 Å². The number of aromatic nitrogens is 5. The molecule has 0 radical (unpaired) electrons. The lowest BCUT2D eigenvalue weighted by molar-refractivity contribution is 0.881. The van der Waals surface area contributed by atoms with Crippen molar-refractivity contribution in [2.45, 2.75) is 17.1 Å². The van der Waals surface area contributed by atoms with E-state index in [0.29, 0.717) is 5.82 Å². The van der Waals surface area contributed by atoms with E-state index in [1.165, 1.54) is 21.4 Å². The molecule has 0 aliphatic heterocycles. The molecule has 0 saturated heterocycles. The van der Waals surface area contributed by atoms with Crippen molar-refractivity contribution >= 4 is 40.9 Å². The van der Waals surface area contributed by atoms with E-state index in [9.17, 15) is 0 Å². The van der Waals surface area contributed by atoms with E-state index in [0.717, 1.165) is 28.9 Å². The molecule has 0 unspecified atom stereocenters. The summed E-state index contributed by atoms with van der Waals surface area (Å²) in [5, 5.41) is 14.9. The van der Waals surface area contributed by atoms with Crippen molar-refractivity contribution in [3.63, 3.8) is 0 Å². The average molecular weight is 462 g/mol. The maximum absolute atomic E-state index is 4.76. The Bertz CT molecular complexity index is 1420. The summed E-state index contributed by atoms with van der Waals surface area (Å²) in [5.74, 6) is 1.50. The molecule has 0 atom stereocenters. The lowest BCUT2D eigenvalue weighted by Crippen LogP contribution is -1.87. The molecule has 0 spiro atoms. The number of thioether (sulfide) groups is 1. The minimum Gasteiger partial charge on any atom is -0.252 e. The molecule has 0 aliphatic carbocycles. The summed E-state index contributed by atoms with van der Waals surface area (Å²) < 4.78 is 0. The Hall–Kier alpha value is -4.03.